The third-order valence-corrected chi connectivity index (χ3v) is 7.33. The molecule has 1 aliphatic rings. The second kappa shape index (κ2) is 12.0. The molecule has 0 saturated carbocycles. The van der Waals surface area contributed by atoms with E-state index in [9.17, 15) is 9.59 Å². The molecule has 0 atom stereocenters. The third kappa shape index (κ3) is 6.41. The first-order chi connectivity index (χ1) is 19.0. The predicted octanol–water partition coefficient (Wildman–Crippen LogP) is 6.66. The maximum Gasteiger partial charge on any atom is 0.294 e. The SMILES string of the molecule is CSc1ccc(CCNC(=O)c2ccc(/C=C3/Oc4ccccc4N(Cc4cccc(C)c4)C3=O)cc2)cc1. The number of hydrogen-bond donors (Lipinski definition) is 1. The number of benzene rings is 4. The molecule has 1 aliphatic heterocycles. The van der Waals surface area contributed by atoms with Gasteiger partial charge in [0.25, 0.3) is 11.8 Å². The van der Waals surface area contributed by atoms with Gasteiger partial charge in [-0.3, -0.25) is 14.5 Å². The van der Waals surface area contributed by atoms with Crippen LogP contribution >= 0.6 is 11.8 Å². The van der Waals surface area contributed by atoms with Crippen molar-refractivity contribution in [3.05, 3.63) is 131 Å². The van der Waals surface area contributed by atoms with Crippen LogP contribution in [0.15, 0.2) is 108 Å². The van der Waals surface area contributed by atoms with Crippen LogP contribution in [0.2, 0.25) is 0 Å². The van der Waals surface area contributed by atoms with Crippen LogP contribution in [0.1, 0.15) is 32.6 Å². The molecule has 0 aliphatic carbocycles. The first-order valence-corrected chi connectivity index (χ1v) is 14.1. The Bertz CT molecular complexity index is 1510. The van der Waals surface area contributed by atoms with E-state index in [0.717, 1.165) is 28.8 Å². The first kappa shape index (κ1) is 26.3. The number of aryl methyl sites for hydroxylation is 1. The lowest BCUT2D eigenvalue weighted by atomic mass is 10.1. The van der Waals surface area contributed by atoms with Crippen molar-refractivity contribution in [2.45, 2.75) is 24.8 Å². The van der Waals surface area contributed by atoms with Gasteiger partial charge in [0.2, 0.25) is 0 Å². The number of hydrogen-bond acceptors (Lipinski definition) is 4. The summed E-state index contributed by atoms with van der Waals surface area (Å²) in [6.45, 7) is 3.04. The van der Waals surface area contributed by atoms with Gasteiger partial charge in [-0.25, -0.2) is 0 Å². The molecule has 5 rings (SSSR count). The highest BCUT2D eigenvalue weighted by Crippen LogP contribution is 2.36. The van der Waals surface area contributed by atoms with E-state index in [1.807, 2.05) is 61.5 Å². The van der Waals surface area contributed by atoms with Gasteiger partial charge in [0.05, 0.1) is 12.2 Å². The zero-order valence-electron chi connectivity index (χ0n) is 22.0. The minimum absolute atomic E-state index is 0.127. The Kier molecular flexibility index (Phi) is 8.13. The second-order valence-electron chi connectivity index (χ2n) is 9.43. The van der Waals surface area contributed by atoms with Crippen LogP contribution < -0.4 is 15.0 Å². The highest BCUT2D eigenvalue weighted by molar-refractivity contribution is 7.98. The average molecular weight is 535 g/mol. The molecule has 2 amide bonds. The smallest absolute Gasteiger partial charge is 0.294 e. The fraction of sp³-hybridized carbons (Fsp3) is 0.152. The number of anilines is 1. The number of nitrogens with zero attached hydrogens (tertiary/aromatic N) is 1. The molecular weight excluding hydrogens is 504 g/mol. The Labute approximate surface area is 233 Å². The van der Waals surface area contributed by atoms with Gasteiger partial charge in [-0.05, 0) is 78.8 Å². The molecule has 6 heteroatoms. The maximum absolute atomic E-state index is 13.5. The molecule has 4 aromatic carbocycles. The number of thioether (sulfide) groups is 1. The molecule has 5 nitrogen and oxygen atoms in total. The van der Waals surface area contributed by atoms with E-state index in [-0.39, 0.29) is 17.6 Å². The molecular formula is C33H30N2O3S. The quantitative estimate of drug-likeness (QED) is 0.203. The average Bonchev–Trinajstić information content (AvgIpc) is 2.96. The molecule has 0 aromatic heterocycles. The molecule has 0 unspecified atom stereocenters. The summed E-state index contributed by atoms with van der Waals surface area (Å²) in [5, 5.41) is 2.98. The third-order valence-electron chi connectivity index (χ3n) is 6.58. The van der Waals surface area contributed by atoms with Crippen molar-refractivity contribution in [3.8, 4) is 5.75 Å². The van der Waals surface area contributed by atoms with Gasteiger partial charge in [-0.2, -0.15) is 0 Å². The number of amides is 2. The predicted molar refractivity (Wildman–Crippen MR) is 158 cm³/mol. The molecule has 1 heterocycles. The topological polar surface area (TPSA) is 58.6 Å². The highest BCUT2D eigenvalue weighted by Gasteiger charge is 2.30. The summed E-state index contributed by atoms with van der Waals surface area (Å²) >= 11 is 1.71. The van der Waals surface area contributed by atoms with Gasteiger partial charge < -0.3 is 10.1 Å². The Hall–Kier alpha value is -4.29. The van der Waals surface area contributed by atoms with E-state index in [1.165, 1.54) is 10.5 Å². The number of ether oxygens (including phenoxy) is 1. The number of nitrogens with one attached hydrogen (secondary N) is 1. The van der Waals surface area contributed by atoms with E-state index in [2.05, 4.69) is 41.9 Å². The van der Waals surface area contributed by atoms with Gasteiger partial charge in [0.1, 0.15) is 0 Å². The van der Waals surface area contributed by atoms with Crippen molar-refractivity contribution < 1.29 is 14.3 Å². The minimum atomic E-state index is -0.206. The van der Waals surface area contributed by atoms with Crippen molar-refractivity contribution in [3.63, 3.8) is 0 Å². The van der Waals surface area contributed by atoms with Crippen LogP contribution in [-0.4, -0.2) is 24.6 Å². The Balaban J connectivity index is 1.27. The Morgan fingerprint density at radius 2 is 1.69 bits per heavy atom. The van der Waals surface area contributed by atoms with Crippen LogP contribution in [-0.2, 0) is 17.8 Å². The largest absolute Gasteiger partial charge is 0.449 e. The van der Waals surface area contributed by atoms with E-state index < -0.39 is 0 Å². The van der Waals surface area contributed by atoms with Crippen LogP contribution in [0, 0.1) is 6.92 Å². The lowest BCUT2D eigenvalue weighted by Crippen LogP contribution is -2.36. The minimum Gasteiger partial charge on any atom is -0.449 e. The number of rotatable bonds is 8. The molecule has 0 spiro atoms. The normalized spacial score (nSPS) is 13.6. The van der Waals surface area contributed by atoms with Crippen LogP contribution in [0.5, 0.6) is 5.75 Å². The van der Waals surface area contributed by atoms with Crippen molar-refractivity contribution in [2.75, 3.05) is 17.7 Å². The number of fused-ring (bicyclic) bond motifs is 1. The van der Waals surface area contributed by atoms with Crippen molar-refractivity contribution >= 4 is 35.3 Å². The summed E-state index contributed by atoms with van der Waals surface area (Å²) in [5.41, 5.74) is 5.47. The lowest BCUT2D eigenvalue weighted by molar-refractivity contribution is -0.117. The van der Waals surface area contributed by atoms with Crippen LogP contribution in [0.4, 0.5) is 5.69 Å². The van der Waals surface area contributed by atoms with Crippen molar-refractivity contribution in [1.82, 2.24) is 5.32 Å². The van der Waals surface area contributed by atoms with Crippen LogP contribution in [0.25, 0.3) is 6.08 Å². The summed E-state index contributed by atoms with van der Waals surface area (Å²) in [4.78, 5) is 29.1. The zero-order chi connectivity index (χ0) is 27.2. The molecule has 39 heavy (non-hydrogen) atoms. The second-order valence-corrected chi connectivity index (χ2v) is 10.3. The van der Waals surface area contributed by atoms with Gasteiger partial charge in [0.15, 0.2) is 11.5 Å². The van der Waals surface area contributed by atoms with E-state index in [0.29, 0.717) is 24.4 Å². The number of carbonyl (C=O) groups excluding carboxylic acids is 2. The number of para-hydroxylation sites is 2. The standard InChI is InChI=1S/C33H30N2O3S/c1-23-6-5-7-26(20-23)22-35-29-8-3-4-9-30(29)38-31(33(35)37)21-25-10-14-27(15-11-25)32(36)34-19-18-24-12-16-28(39-2)17-13-24/h3-17,20-21H,18-19,22H2,1-2H3,(H,34,36)/b31-21+. The van der Waals surface area contributed by atoms with Gasteiger partial charge >= 0.3 is 0 Å². The van der Waals surface area contributed by atoms with Crippen molar-refractivity contribution in [1.29, 1.82) is 0 Å². The van der Waals surface area contributed by atoms with Crippen molar-refractivity contribution in [2.24, 2.45) is 0 Å². The number of carbonyl (C=O) groups is 2. The zero-order valence-corrected chi connectivity index (χ0v) is 22.8. The monoisotopic (exact) mass is 534 g/mol. The molecule has 1 N–H and O–H groups in total. The summed E-state index contributed by atoms with van der Waals surface area (Å²) in [6.07, 6.45) is 4.55. The van der Waals surface area contributed by atoms with E-state index in [4.69, 9.17) is 4.74 Å². The van der Waals surface area contributed by atoms with Gasteiger partial charge in [-0.15, -0.1) is 11.8 Å². The van der Waals surface area contributed by atoms with Gasteiger partial charge in [-0.1, -0.05) is 66.2 Å². The van der Waals surface area contributed by atoms with Gasteiger partial charge in [0, 0.05) is 17.0 Å². The Morgan fingerprint density at radius 1 is 0.923 bits per heavy atom. The summed E-state index contributed by atoms with van der Waals surface area (Å²) in [7, 11) is 0. The Morgan fingerprint density at radius 3 is 2.44 bits per heavy atom. The maximum atomic E-state index is 13.5. The highest BCUT2D eigenvalue weighted by atomic mass is 32.2. The fourth-order valence-electron chi connectivity index (χ4n) is 4.51. The molecule has 0 fully saturated rings. The summed E-state index contributed by atoms with van der Waals surface area (Å²) < 4.78 is 6.02. The van der Waals surface area contributed by atoms with E-state index in [1.54, 1.807) is 34.9 Å². The fourth-order valence-corrected chi connectivity index (χ4v) is 4.92. The molecule has 0 bridgehead atoms. The first-order valence-electron chi connectivity index (χ1n) is 12.9. The van der Waals surface area contributed by atoms with Crippen LogP contribution in [0.3, 0.4) is 0 Å². The van der Waals surface area contributed by atoms with E-state index >= 15 is 0 Å². The molecule has 4 aromatic rings. The molecule has 0 saturated heterocycles. The summed E-state index contributed by atoms with van der Waals surface area (Å²) in [6, 6.07) is 31.2. The summed E-state index contributed by atoms with van der Waals surface area (Å²) in [5.74, 6) is 0.543. The molecule has 196 valence electrons. The lowest BCUT2D eigenvalue weighted by Gasteiger charge is -2.30. The molecule has 0 radical (unpaired) electrons.